The Balaban J connectivity index is 1.86. The highest BCUT2D eigenvalue weighted by Gasteiger charge is 2.38. The van der Waals surface area contributed by atoms with Gasteiger partial charge in [-0.05, 0) is 50.6 Å². The molecule has 2 fully saturated rings. The second-order valence-corrected chi connectivity index (χ2v) is 6.71. The molecule has 0 radical (unpaired) electrons. The van der Waals surface area contributed by atoms with E-state index in [2.05, 4.69) is 42.2 Å². The number of likely N-dealkylation sites (tertiary alicyclic amines) is 1. The summed E-state index contributed by atoms with van der Waals surface area (Å²) in [5.74, 6) is 0.919. The van der Waals surface area contributed by atoms with Crippen LogP contribution >= 0.6 is 0 Å². The molecule has 0 amide bonds. The molecule has 2 N–H and O–H groups in total. The van der Waals surface area contributed by atoms with Gasteiger partial charge >= 0.3 is 0 Å². The SMILES string of the molecule is CC(N)C(c1ccccc1)N1CCC[C@H]2CCCC[C@H]21. The molecule has 0 spiro atoms. The third-order valence-electron chi connectivity index (χ3n) is 5.28. The predicted octanol–water partition coefficient (Wildman–Crippen LogP) is 3.73. The normalized spacial score (nSPS) is 30.5. The molecule has 1 saturated carbocycles. The summed E-state index contributed by atoms with van der Waals surface area (Å²) < 4.78 is 0. The zero-order valence-electron chi connectivity index (χ0n) is 12.7. The lowest BCUT2D eigenvalue weighted by Gasteiger charge is -2.49. The molecule has 1 saturated heterocycles. The molecule has 0 aromatic heterocycles. The summed E-state index contributed by atoms with van der Waals surface area (Å²) in [6.45, 7) is 3.40. The van der Waals surface area contributed by atoms with Gasteiger partial charge in [0.05, 0.1) is 0 Å². The summed E-state index contributed by atoms with van der Waals surface area (Å²) in [6, 6.07) is 12.2. The fraction of sp³-hybridized carbons (Fsp3) is 0.667. The van der Waals surface area contributed by atoms with Crippen molar-refractivity contribution in [3.05, 3.63) is 35.9 Å². The van der Waals surface area contributed by atoms with E-state index in [-0.39, 0.29) is 6.04 Å². The summed E-state index contributed by atoms with van der Waals surface area (Å²) in [5, 5.41) is 0. The summed E-state index contributed by atoms with van der Waals surface area (Å²) in [7, 11) is 0. The van der Waals surface area contributed by atoms with Gasteiger partial charge in [-0.15, -0.1) is 0 Å². The Morgan fingerprint density at radius 2 is 1.75 bits per heavy atom. The van der Waals surface area contributed by atoms with Gasteiger partial charge in [0.15, 0.2) is 0 Å². The third-order valence-corrected chi connectivity index (χ3v) is 5.28. The number of hydrogen-bond donors (Lipinski definition) is 1. The standard InChI is InChI=1S/C18H28N2/c1-14(19)18(16-9-3-2-4-10-16)20-13-7-11-15-8-5-6-12-17(15)20/h2-4,9-10,14-15,17-18H,5-8,11-13,19H2,1H3/t14?,15-,17-,18?/m1/s1. The Labute approximate surface area is 123 Å². The van der Waals surface area contributed by atoms with Crippen molar-refractivity contribution in [2.75, 3.05) is 6.54 Å². The predicted molar refractivity (Wildman–Crippen MR) is 84.5 cm³/mol. The van der Waals surface area contributed by atoms with E-state index in [1.165, 1.54) is 50.6 Å². The van der Waals surface area contributed by atoms with E-state index in [0.29, 0.717) is 6.04 Å². The van der Waals surface area contributed by atoms with Gasteiger partial charge in [0.2, 0.25) is 0 Å². The minimum absolute atomic E-state index is 0.193. The molecule has 1 aliphatic heterocycles. The van der Waals surface area contributed by atoms with Crippen molar-refractivity contribution in [2.24, 2.45) is 11.7 Å². The topological polar surface area (TPSA) is 29.3 Å². The Kier molecular flexibility index (Phi) is 4.42. The van der Waals surface area contributed by atoms with Gasteiger partial charge < -0.3 is 5.73 Å². The molecule has 3 rings (SSSR count). The highest BCUT2D eigenvalue weighted by atomic mass is 15.2. The maximum atomic E-state index is 6.38. The van der Waals surface area contributed by atoms with Crippen LogP contribution in [0.5, 0.6) is 0 Å². The number of benzene rings is 1. The maximum Gasteiger partial charge on any atom is 0.0499 e. The number of rotatable bonds is 3. The molecule has 1 aromatic rings. The number of fused-ring (bicyclic) bond motifs is 1. The molecule has 1 aromatic carbocycles. The first kappa shape index (κ1) is 14.1. The molecule has 20 heavy (non-hydrogen) atoms. The van der Waals surface area contributed by atoms with Crippen molar-refractivity contribution in [1.29, 1.82) is 0 Å². The minimum atomic E-state index is 0.193. The summed E-state index contributed by atoms with van der Waals surface area (Å²) in [6.07, 6.45) is 8.42. The number of nitrogens with zero attached hydrogens (tertiary/aromatic N) is 1. The number of nitrogens with two attached hydrogens (primary N) is 1. The first-order chi connectivity index (χ1) is 9.77. The quantitative estimate of drug-likeness (QED) is 0.908. The van der Waals surface area contributed by atoms with E-state index in [9.17, 15) is 0 Å². The van der Waals surface area contributed by atoms with E-state index in [1.54, 1.807) is 0 Å². The zero-order chi connectivity index (χ0) is 13.9. The van der Waals surface area contributed by atoms with Crippen molar-refractivity contribution in [3.63, 3.8) is 0 Å². The van der Waals surface area contributed by atoms with Crippen molar-refractivity contribution >= 4 is 0 Å². The zero-order valence-corrected chi connectivity index (χ0v) is 12.7. The summed E-state index contributed by atoms with van der Waals surface area (Å²) >= 11 is 0. The summed E-state index contributed by atoms with van der Waals surface area (Å²) in [4.78, 5) is 2.74. The Morgan fingerprint density at radius 3 is 2.50 bits per heavy atom. The van der Waals surface area contributed by atoms with Crippen molar-refractivity contribution in [3.8, 4) is 0 Å². The van der Waals surface area contributed by atoms with Gasteiger partial charge in [-0.2, -0.15) is 0 Å². The van der Waals surface area contributed by atoms with Crippen LogP contribution in [0.2, 0.25) is 0 Å². The average molecular weight is 272 g/mol. The highest BCUT2D eigenvalue weighted by molar-refractivity contribution is 5.21. The smallest absolute Gasteiger partial charge is 0.0499 e. The third kappa shape index (κ3) is 2.77. The highest BCUT2D eigenvalue weighted by Crippen LogP contribution is 2.40. The van der Waals surface area contributed by atoms with Crippen LogP contribution in [0.3, 0.4) is 0 Å². The minimum Gasteiger partial charge on any atom is -0.326 e. The van der Waals surface area contributed by atoms with Crippen LogP contribution in [0, 0.1) is 5.92 Å². The van der Waals surface area contributed by atoms with Crippen LogP contribution in [0.15, 0.2) is 30.3 Å². The van der Waals surface area contributed by atoms with E-state index in [1.807, 2.05) is 0 Å². The van der Waals surface area contributed by atoms with Crippen LogP contribution in [-0.4, -0.2) is 23.5 Å². The van der Waals surface area contributed by atoms with Gasteiger partial charge in [0.1, 0.15) is 0 Å². The Hall–Kier alpha value is -0.860. The van der Waals surface area contributed by atoms with Crippen LogP contribution in [0.4, 0.5) is 0 Å². The van der Waals surface area contributed by atoms with Crippen LogP contribution < -0.4 is 5.73 Å². The molecular formula is C18H28N2. The molecule has 0 bridgehead atoms. The van der Waals surface area contributed by atoms with Crippen molar-refractivity contribution < 1.29 is 0 Å². The average Bonchev–Trinajstić information content (AvgIpc) is 2.48. The van der Waals surface area contributed by atoms with Crippen LogP contribution in [0.1, 0.15) is 57.1 Å². The molecular weight excluding hydrogens is 244 g/mol. The lowest BCUT2D eigenvalue weighted by molar-refractivity contribution is 0.0178. The van der Waals surface area contributed by atoms with Gasteiger partial charge in [-0.3, -0.25) is 4.90 Å². The molecule has 110 valence electrons. The fourth-order valence-corrected chi connectivity index (χ4v) is 4.46. The van der Waals surface area contributed by atoms with E-state index < -0.39 is 0 Å². The monoisotopic (exact) mass is 272 g/mol. The second-order valence-electron chi connectivity index (χ2n) is 6.71. The van der Waals surface area contributed by atoms with Gasteiger partial charge in [-0.25, -0.2) is 0 Å². The maximum absolute atomic E-state index is 6.38. The molecule has 2 aliphatic rings. The van der Waals surface area contributed by atoms with E-state index >= 15 is 0 Å². The Morgan fingerprint density at radius 1 is 1.05 bits per heavy atom. The lowest BCUT2D eigenvalue weighted by Crippen LogP contribution is -2.52. The Bertz CT molecular complexity index is 413. The van der Waals surface area contributed by atoms with Crippen LogP contribution in [0.25, 0.3) is 0 Å². The lowest BCUT2D eigenvalue weighted by atomic mass is 9.77. The molecule has 2 unspecified atom stereocenters. The first-order valence-electron chi connectivity index (χ1n) is 8.33. The molecule has 1 aliphatic carbocycles. The molecule has 4 atom stereocenters. The van der Waals surface area contributed by atoms with Crippen molar-refractivity contribution in [1.82, 2.24) is 4.90 Å². The largest absolute Gasteiger partial charge is 0.326 e. The fourth-order valence-electron chi connectivity index (χ4n) is 4.46. The van der Waals surface area contributed by atoms with Gasteiger partial charge in [0, 0.05) is 18.1 Å². The van der Waals surface area contributed by atoms with Gasteiger partial charge in [-0.1, -0.05) is 43.2 Å². The number of hydrogen-bond acceptors (Lipinski definition) is 2. The number of piperidine rings is 1. The summed E-state index contributed by atoms with van der Waals surface area (Å²) in [5.41, 5.74) is 7.78. The van der Waals surface area contributed by atoms with E-state index in [4.69, 9.17) is 5.73 Å². The molecule has 1 heterocycles. The molecule has 2 nitrogen and oxygen atoms in total. The van der Waals surface area contributed by atoms with Crippen molar-refractivity contribution in [2.45, 2.75) is 63.6 Å². The van der Waals surface area contributed by atoms with Gasteiger partial charge in [0.25, 0.3) is 0 Å². The second kappa shape index (κ2) is 6.28. The van der Waals surface area contributed by atoms with Crippen LogP contribution in [-0.2, 0) is 0 Å². The molecule has 2 heteroatoms. The van der Waals surface area contributed by atoms with E-state index in [0.717, 1.165) is 12.0 Å². The first-order valence-corrected chi connectivity index (χ1v) is 8.33.